The second-order valence-corrected chi connectivity index (χ2v) is 4.39. The van der Waals surface area contributed by atoms with Gasteiger partial charge in [0.05, 0.1) is 0 Å². The number of carbonyl (C=O) groups excluding carboxylic acids is 1. The van der Waals surface area contributed by atoms with Crippen molar-refractivity contribution in [3.05, 3.63) is 77.8 Å². The molecule has 0 bridgehead atoms. The lowest BCUT2D eigenvalue weighted by Crippen LogP contribution is -1.93. The Kier molecular flexibility index (Phi) is 3.17. The SMILES string of the molecule is O=C(/C=C/c1cc2ccccc2o1)c1ccc(F)cc1. The van der Waals surface area contributed by atoms with Gasteiger partial charge in [-0.05, 0) is 48.6 Å². The maximum Gasteiger partial charge on any atom is 0.185 e. The van der Waals surface area contributed by atoms with E-state index in [1.807, 2.05) is 30.3 Å². The van der Waals surface area contributed by atoms with Crippen molar-refractivity contribution in [1.29, 1.82) is 0 Å². The van der Waals surface area contributed by atoms with Gasteiger partial charge in [0.1, 0.15) is 17.2 Å². The van der Waals surface area contributed by atoms with E-state index >= 15 is 0 Å². The molecule has 1 aromatic heterocycles. The standard InChI is InChI=1S/C17H11FO2/c18-14-7-5-12(6-8-14)16(19)10-9-15-11-13-3-1-2-4-17(13)20-15/h1-11H/b10-9+. The number of furan rings is 1. The summed E-state index contributed by atoms with van der Waals surface area (Å²) < 4.78 is 18.3. The molecular formula is C17H11FO2. The van der Waals surface area contributed by atoms with Crippen LogP contribution in [0.25, 0.3) is 17.0 Å². The molecule has 0 spiro atoms. The van der Waals surface area contributed by atoms with Crippen LogP contribution in [0.1, 0.15) is 16.1 Å². The molecule has 0 N–H and O–H groups in total. The summed E-state index contributed by atoms with van der Waals surface area (Å²) in [6.07, 6.45) is 3.04. The molecule has 0 fully saturated rings. The van der Waals surface area contributed by atoms with Crippen molar-refractivity contribution in [2.24, 2.45) is 0 Å². The minimum Gasteiger partial charge on any atom is -0.457 e. The number of allylic oxidation sites excluding steroid dienone is 1. The van der Waals surface area contributed by atoms with Crippen molar-refractivity contribution in [2.45, 2.75) is 0 Å². The van der Waals surface area contributed by atoms with Gasteiger partial charge < -0.3 is 4.42 Å². The number of fused-ring (bicyclic) bond motifs is 1. The van der Waals surface area contributed by atoms with Crippen LogP contribution in [0.5, 0.6) is 0 Å². The fourth-order valence-electron chi connectivity index (χ4n) is 1.95. The van der Waals surface area contributed by atoms with E-state index in [1.165, 1.54) is 30.3 Å². The first-order valence-corrected chi connectivity index (χ1v) is 6.19. The Bertz CT molecular complexity index is 749. The maximum absolute atomic E-state index is 12.8. The van der Waals surface area contributed by atoms with E-state index in [0.717, 1.165) is 11.0 Å². The number of hydrogen-bond donors (Lipinski definition) is 0. The Morgan fingerprint density at radius 3 is 2.55 bits per heavy atom. The van der Waals surface area contributed by atoms with Crippen molar-refractivity contribution in [2.75, 3.05) is 0 Å². The molecule has 0 unspecified atom stereocenters. The normalized spacial score (nSPS) is 11.2. The first-order chi connectivity index (χ1) is 9.72. The molecule has 0 saturated heterocycles. The van der Waals surface area contributed by atoms with Crippen molar-refractivity contribution in [3.63, 3.8) is 0 Å². The molecule has 20 heavy (non-hydrogen) atoms. The molecule has 1 heterocycles. The smallest absolute Gasteiger partial charge is 0.185 e. The third kappa shape index (κ3) is 2.52. The number of hydrogen-bond acceptors (Lipinski definition) is 2. The van der Waals surface area contributed by atoms with Crippen LogP contribution in [0.15, 0.2) is 65.1 Å². The Morgan fingerprint density at radius 1 is 1.05 bits per heavy atom. The molecule has 3 rings (SSSR count). The van der Waals surface area contributed by atoms with Gasteiger partial charge >= 0.3 is 0 Å². The fraction of sp³-hybridized carbons (Fsp3) is 0. The zero-order chi connectivity index (χ0) is 13.9. The van der Waals surface area contributed by atoms with E-state index in [-0.39, 0.29) is 11.6 Å². The molecule has 0 aliphatic rings. The first-order valence-electron chi connectivity index (χ1n) is 6.19. The van der Waals surface area contributed by atoms with Crippen LogP contribution in [-0.4, -0.2) is 5.78 Å². The second kappa shape index (κ2) is 5.13. The lowest BCUT2D eigenvalue weighted by atomic mass is 10.1. The molecule has 2 nitrogen and oxygen atoms in total. The molecule has 98 valence electrons. The maximum atomic E-state index is 12.8. The Labute approximate surface area is 115 Å². The topological polar surface area (TPSA) is 30.2 Å². The van der Waals surface area contributed by atoms with Gasteiger partial charge in [0.15, 0.2) is 5.78 Å². The molecule has 3 heteroatoms. The molecule has 3 aromatic rings. The number of ketones is 1. The third-order valence-corrected chi connectivity index (χ3v) is 2.97. The molecule has 2 aromatic carbocycles. The summed E-state index contributed by atoms with van der Waals surface area (Å²) in [5, 5.41) is 0.987. The summed E-state index contributed by atoms with van der Waals surface area (Å²) in [6.45, 7) is 0. The summed E-state index contributed by atoms with van der Waals surface area (Å²) in [5.41, 5.74) is 1.22. The van der Waals surface area contributed by atoms with Gasteiger partial charge in [0.25, 0.3) is 0 Å². The zero-order valence-electron chi connectivity index (χ0n) is 10.5. The van der Waals surface area contributed by atoms with Crippen LogP contribution < -0.4 is 0 Å². The zero-order valence-corrected chi connectivity index (χ0v) is 10.5. The van der Waals surface area contributed by atoms with Crippen LogP contribution in [-0.2, 0) is 0 Å². The minimum atomic E-state index is -0.359. The molecule has 0 atom stereocenters. The largest absolute Gasteiger partial charge is 0.457 e. The van der Waals surface area contributed by atoms with Gasteiger partial charge in [-0.25, -0.2) is 4.39 Å². The molecule has 0 aliphatic carbocycles. The van der Waals surface area contributed by atoms with E-state index in [4.69, 9.17) is 4.42 Å². The summed E-state index contributed by atoms with van der Waals surface area (Å²) in [7, 11) is 0. The Balaban J connectivity index is 1.82. The highest BCUT2D eigenvalue weighted by Crippen LogP contribution is 2.19. The predicted octanol–water partition coefficient (Wildman–Crippen LogP) is 4.47. The number of halogens is 1. The van der Waals surface area contributed by atoms with Gasteiger partial charge in [0.2, 0.25) is 0 Å². The number of carbonyl (C=O) groups is 1. The molecule has 0 radical (unpaired) electrons. The van der Waals surface area contributed by atoms with Crippen LogP contribution in [0, 0.1) is 5.82 Å². The van der Waals surface area contributed by atoms with Gasteiger partial charge in [-0.2, -0.15) is 0 Å². The van der Waals surface area contributed by atoms with Gasteiger partial charge in [-0.3, -0.25) is 4.79 Å². The number of para-hydroxylation sites is 1. The summed E-state index contributed by atoms with van der Waals surface area (Å²) in [6, 6.07) is 14.9. The Morgan fingerprint density at radius 2 is 1.80 bits per heavy atom. The quantitative estimate of drug-likeness (QED) is 0.517. The van der Waals surface area contributed by atoms with E-state index < -0.39 is 0 Å². The highest BCUT2D eigenvalue weighted by atomic mass is 19.1. The Hall–Kier alpha value is -2.68. The average molecular weight is 266 g/mol. The van der Waals surface area contributed by atoms with Gasteiger partial charge in [0, 0.05) is 10.9 Å². The lowest BCUT2D eigenvalue weighted by molar-refractivity contribution is 0.104. The van der Waals surface area contributed by atoms with Gasteiger partial charge in [-0.1, -0.05) is 18.2 Å². The van der Waals surface area contributed by atoms with Crippen LogP contribution in [0.2, 0.25) is 0 Å². The molecule has 0 aliphatic heterocycles. The summed E-state index contributed by atoms with van der Waals surface area (Å²) in [4.78, 5) is 11.9. The summed E-state index contributed by atoms with van der Waals surface area (Å²) in [5.74, 6) is 0.0648. The second-order valence-electron chi connectivity index (χ2n) is 4.39. The molecule has 0 amide bonds. The average Bonchev–Trinajstić information content (AvgIpc) is 2.88. The van der Waals surface area contributed by atoms with Gasteiger partial charge in [-0.15, -0.1) is 0 Å². The number of benzene rings is 2. The van der Waals surface area contributed by atoms with Crippen molar-refractivity contribution >= 4 is 22.8 Å². The van der Waals surface area contributed by atoms with E-state index in [1.54, 1.807) is 6.08 Å². The highest BCUT2D eigenvalue weighted by Gasteiger charge is 2.03. The number of rotatable bonds is 3. The van der Waals surface area contributed by atoms with E-state index in [0.29, 0.717) is 11.3 Å². The van der Waals surface area contributed by atoms with E-state index in [2.05, 4.69) is 0 Å². The monoisotopic (exact) mass is 266 g/mol. The van der Waals surface area contributed by atoms with Crippen LogP contribution >= 0.6 is 0 Å². The summed E-state index contributed by atoms with van der Waals surface area (Å²) >= 11 is 0. The van der Waals surface area contributed by atoms with Crippen LogP contribution in [0.3, 0.4) is 0 Å². The van der Waals surface area contributed by atoms with Crippen molar-refractivity contribution < 1.29 is 13.6 Å². The predicted molar refractivity (Wildman–Crippen MR) is 76.0 cm³/mol. The lowest BCUT2D eigenvalue weighted by Gasteiger charge is -1.94. The minimum absolute atomic E-state index is 0.189. The van der Waals surface area contributed by atoms with Crippen molar-refractivity contribution in [1.82, 2.24) is 0 Å². The van der Waals surface area contributed by atoms with E-state index in [9.17, 15) is 9.18 Å². The first kappa shape index (κ1) is 12.4. The van der Waals surface area contributed by atoms with Crippen molar-refractivity contribution in [3.8, 4) is 0 Å². The molecular weight excluding hydrogens is 255 g/mol. The highest BCUT2D eigenvalue weighted by molar-refractivity contribution is 6.06. The fourth-order valence-corrected chi connectivity index (χ4v) is 1.95. The van der Waals surface area contributed by atoms with Crippen LogP contribution in [0.4, 0.5) is 4.39 Å². The third-order valence-electron chi connectivity index (χ3n) is 2.97. The molecule has 0 saturated carbocycles.